The summed E-state index contributed by atoms with van der Waals surface area (Å²) >= 11 is 0. The normalized spacial score (nSPS) is 22.0. The third-order valence-corrected chi connectivity index (χ3v) is 6.89. The second-order valence-corrected chi connectivity index (χ2v) is 8.94. The molecule has 2 saturated heterocycles. The second-order valence-electron chi connectivity index (χ2n) is 6.85. The summed E-state index contributed by atoms with van der Waals surface area (Å²) in [7, 11) is -3.25. The van der Waals surface area contributed by atoms with Gasteiger partial charge in [0, 0.05) is 31.7 Å². The predicted molar refractivity (Wildman–Crippen MR) is 98.2 cm³/mol. The van der Waals surface area contributed by atoms with Crippen molar-refractivity contribution in [1.29, 1.82) is 0 Å². The number of nitrogens with zero attached hydrogens (tertiary/aromatic N) is 1. The van der Waals surface area contributed by atoms with Gasteiger partial charge in [0.15, 0.2) is 0 Å². The lowest BCUT2D eigenvalue weighted by molar-refractivity contribution is 0.0956. The largest absolute Gasteiger partial charge is 0.351 e. The van der Waals surface area contributed by atoms with E-state index in [0.717, 1.165) is 38.8 Å². The van der Waals surface area contributed by atoms with Gasteiger partial charge in [0.1, 0.15) is 0 Å². The van der Waals surface area contributed by atoms with Crippen LogP contribution in [0.1, 0.15) is 47.5 Å². The van der Waals surface area contributed by atoms with Crippen molar-refractivity contribution in [3.63, 3.8) is 0 Å². The molecule has 1 atom stereocenters. The molecule has 1 amide bonds. The molecule has 0 bridgehead atoms. The fraction of sp³-hybridized carbons (Fsp3) is 0.611. The zero-order valence-electron chi connectivity index (χ0n) is 14.5. The van der Waals surface area contributed by atoms with Crippen molar-refractivity contribution in [1.82, 2.24) is 14.9 Å². The average Bonchev–Trinajstić information content (AvgIpc) is 3.18. The Bertz CT molecular complexity index is 693. The molecule has 2 fully saturated rings. The summed E-state index contributed by atoms with van der Waals surface area (Å²) < 4.78 is 25.9. The van der Waals surface area contributed by atoms with Crippen LogP contribution in [0.3, 0.4) is 0 Å². The lowest BCUT2D eigenvalue weighted by atomic mass is 9.90. The second kappa shape index (κ2) is 8.29. The first-order chi connectivity index (χ1) is 12.1. The quantitative estimate of drug-likeness (QED) is 0.797. The highest BCUT2D eigenvalue weighted by molar-refractivity contribution is 7.89. The van der Waals surface area contributed by atoms with E-state index in [-0.39, 0.29) is 18.2 Å². The Labute approximate surface area is 150 Å². The van der Waals surface area contributed by atoms with E-state index in [1.54, 1.807) is 6.07 Å². The first-order valence-electron chi connectivity index (χ1n) is 9.13. The number of amides is 1. The van der Waals surface area contributed by atoms with Crippen LogP contribution in [0.5, 0.6) is 0 Å². The van der Waals surface area contributed by atoms with Gasteiger partial charge >= 0.3 is 0 Å². The van der Waals surface area contributed by atoms with Crippen LogP contribution in [-0.2, 0) is 10.0 Å². The summed E-state index contributed by atoms with van der Waals surface area (Å²) in [4.78, 5) is 12.4. The molecule has 2 N–H and O–H groups in total. The van der Waals surface area contributed by atoms with E-state index < -0.39 is 10.0 Å². The van der Waals surface area contributed by atoms with E-state index in [4.69, 9.17) is 0 Å². The van der Waals surface area contributed by atoms with Crippen LogP contribution in [0.15, 0.2) is 24.3 Å². The molecule has 0 saturated carbocycles. The Morgan fingerprint density at radius 3 is 2.76 bits per heavy atom. The van der Waals surface area contributed by atoms with Gasteiger partial charge in [-0.3, -0.25) is 4.79 Å². The van der Waals surface area contributed by atoms with Gasteiger partial charge < -0.3 is 10.6 Å². The molecule has 138 valence electrons. The van der Waals surface area contributed by atoms with E-state index in [9.17, 15) is 13.2 Å². The lowest BCUT2D eigenvalue weighted by Gasteiger charge is -2.23. The number of carbonyl (C=O) groups excluding carboxylic acids is 1. The highest BCUT2D eigenvalue weighted by atomic mass is 32.2. The van der Waals surface area contributed by atoms with Gasteiger partial charge in [0.25, 0.3) is 5.91 Å². The number of hydrogen-bond donors (Lipinski definition) is 2. The molecule has 2 heterocycles. The van der Waals surface area contributed by atoms with Crippen molar-refractivity contribution < 1.29 is 13.2 Å². The Kier molecular flexibility index (Phi) is 6.09. The number of sulfonamides is 1. The molecular weight excluding hydrogens is 338 g/mol. The van der Waals surface area contributed by atoms with E-state index in [1.165, 1.54) is 9.87 Å². The molecule has 0 radical (unpaired) electrons. The number of rotatable bonds is 6. The maximum absolute atomic E-state index is 12.4. The standard InChI is InChI=1S/C18H27N3O3S/c22-18(20-9-12-25(23,24)21-10-1-2-11-21)16-6-3-5-15(13-16)17-7-4-8-19-14-17/h3,5-6,13,17,19H,1-2,4,7-12,14H2,(H,20,22)/t17-/m1/s1. The van der Waals surface area contributed by atoms with Crippen molar-refractivity contribution in [2.75, 3.05) is 38.5 Å². The van der Waals surface area contributed by atoms with Gasteiger partial charge in [-0.2, -0.15) is 0 Å². The van der Waals surface area contributed by atoms with Crippen molar-refractivity contribution in [3.8, 4) is 0 Å². The number of piperidine rings is 1. The maximum Gasteiger partial charge on any atom is 0.251 e. The van der Waals surface area contributed by atoms with E-state index in [1.807, 2.05) is 12.1 Å². The van der Waals surface area contributed by atoms with Crippen LogP contribution in [0.4, 0.5) is 0 Å². The molecular formula is C18H27N3O3S. The average molecular weight is 365 g/mol. The minimum absolute atomic E-state index is 0.0367. The fourth-order valence-electron chi connectivity index (χ4n) is 3.56. The third kappa shape index (κ3) is 4.80. The molecule has 0 spiro atoms. The summed E-state index contributed by atoms with van der Waals surface area (Å²) in [6.07, 6.45) is 4.13. The minimum Gasteiger partial charge on any atom is -0.351 e. The summed E-state index contributed by atoms with van der Waals surface area (Å²) in [5.74, 6) is 0.199. The molecule has 0 aliphatic carbocycles. The topological polar surface area (TPSA) is 78.5 Å². The van der Waals surface area contributed by atoms with Crippen molar-refractivity contribution in [3.05, 3.63) is 35.4 Å². The molecule has 0 unspecified atom stereocenters. The van der Waals surface area contributed by atoms with Gasteiger partial charge in [0.05, 0.1) is 5.75 Å². The van der Waals surface area contributed by atoms with Crippen molar-refractivity contribution >= 4 is 15.9 Å². The molecule has 0 aromatic heterocycles. The molecule has 1 aromatic rings. The van der Waals surface area contributed by atoms with Gasteiger partial charge in [-0.15, -0.1) is 0 Å². The van der Waals surface area contributed by atoms with Gasteiger partial charge in [0.2, 0.25) is 10.0 Å². The SMILES string of the molecule is O=C(NCCS(=O)(=O)N1CCCC1)c1cccc([C@@H]2CCCNC2)c1. The summed E-state index contributed by atoms with van der Waals surface area (Å²) in [6, 6.07) is 7.68. The predicted octanol–water partition coefficient (Wildman–Crippen LogP) is 1.31. The molecule has 25 heavy (non-hydrogen) atoms. The minimum atomic E-state index is -3.25. The Morgan fingerprint density at radius 2 is 2.04 bits per heavy atom. The fourth-order valence-corrected chi connectivity index (χ4v) is 4.99. The van der Waals surface area contributed by atoms with Crippen LogP contribution >= 0.6 is 0 Å². The molecule has 6 nitrogen and oxygen atoms in total. The number of benzene rings is 1. The smallest absolute Gasteiger partial charge is 0.251 e. The Balaban J connectivity index is 1.54. The first kappa shape index (κ1) is 18.4. The monoisotopic (exact) mass is 365 g/mol. The summed E-state index contributed by atoms with van der Waals surface area (Å²) in [6.45, 7) is 3.36. The molecule has 1 aromatic carbocycles. The molecule has 3 rings (SSSR count). The highest BCUT2D eigenvalue weighted by Gasteiger charge is 2.25. The Hall–Kier alpha value is -1.44. The van der Waals surface area contributed by atoms with Crippen LogP contribution in [0.2, 0.25) is 0 Å². The zero-order valence-corrected chi connectivity index (χ0v) is 15.4. The van der Waals surface area contributed by atoms with Crippen LogP contribution in [0.25, 0.3) is 0 Å². The van der Waals surface area contributed by atoms with E-state index >= 15 is 0 Å². The van der Waals surface area contributed by atoms with E-state index in [0.29, 0.717) is 24.6 Å². The summed E-state index contributed by atoms with van der Waals surface area (Å²) in [5, 5.41) is 6.14. The molecule has 2 aliphatic rings. The number of carbonyl (C=O) groups is 1. The number of hydrogen-bond acceptors (Lipinski definition) is 4. The van der Waals surface area contributed by atoms with Crippen molar-refractivity contribution in [2.45, 2.75) is 31.6 Å². The van der Waals surface area contributed by atoms with Crippen molar-refractivity contribution in [2.24, 2.45) is 0 Å². The first-order valence-corrected chi connectivity index (χ1v) is 10.7. The third-order valence-electron chi connectivity index (χ3n) is 5.02. The van der Waals surface area contributed by atoms with Gasteiger partial charge in [-0.1, -0.05) is 12.1 Å². The van der Waals surface area contributed by atoms with E-state index in [2.05, 4.69) is 16.7 Å². The zero-order chi connectivity index (χ0) is 17.7. The number of nitrogens with one attached hydrogen (secondary N) is 2. The Morgan fingerprint density at radius 1 is 1.24 bits per heavy atom. The van der Waals surface area contributed by atoms with Crippen LogP contribution in [-0.4, -0.2) is 57.1 Å². The highest BCUT2D eigenvalue weighted by Crippen LogP contribution is 2.23. The van der Waals surface area contributed by atoms with Crippen LogP contribution < -0.4 is 10.6 Å². The summed E-state index contributed by atoms with van der Waals surface area (Å²) in [5.41, 5.74) is 1.77. The molecule has 2 aliphatic heterocycles. The lowest BCUT2D eigenvalue weighted by Crippen LogP contribution is -2.36. The maximum atomic E-state index is 12.4. The van der Waals surface area contributed by atoms with Crippen LogP contribution in [0, 0.1) is 0 Å². The van der Waals surface area contributed by atoms with Gasteiger partial charge in [-0.05, 0) is 55.8 Å². The molecule has 7 heteroatoms. The van der Waals surface area contributed by atoms with Gasteiger partial charge in [-0.25, -0.2) is 12.7 Å².